The third-order valence-electron chi connectivity index (χ3n) is 5.70. The highest BCUT2D eigenvalue weighted by Crippen LogP contribution is 2.28. The molecular formula is C25H33ClN2O3. The minimum Gasteiger partial charge on any atom is -0.489 e. The van der Waals surface area contributed by atoms with Crippen molar-refractivity contribution in [3.63, 3.8) is 0 Å². The van der Waals surface area contributed by atoms with Crippen molar-refractivity contribution in [3.05, 3.63) is 64.7 Å². The molecule has 1 aliphatic heterocycles. The molecule has 0 radical (unpaired) electrons. The second kappa shape index (κ2) is 10.0. The van der Waals surface area contributed by atoms with E-state index in [0.29, 0.717) is 43.2 Å². The van der Waals surface area contributed by atoms with E-state index in [-0.39, 0.29) is 18.1 Å². The van der Waals surface area contributed by atoms with Crippen molar-refractivity contribution in [3.8, 4) is 5.75 Å². The van der Waals surface area contributed by atoms with Crippen LogP contribution in [0.3, 0.4) is 0 Å². The smallest absolute Gasteiger partial charge is 0.234 e. The van der Waals surface area contributed by atoms with Gasteiger partial charge in [0.05, 0.1) is 11.6 Å². The van der Waals surface area contributed by atoms with Gasteiger partial charge in [-0.3, -0.25) is 9.69 Å². The normalized spacial score (nSPS) is 16.7. The first-order chi connectivity index (χ1) is 14.6. The zero-order chi connectivity index (χ0) is 22.5. The van der Waals surface area contributed by atoms with Gasteiger partial charge in [-0.25, -0.2) is 0 Å². The van der Waals surface area contributed by atoms with Crippen LogP contribution in [-0.2, 0) is 11.2 Å². The Kier molecular flexibility index (Phi) is 7.63. The van der Waals surface area contributed by atoms with Gasteiger partial charge >= 0.3 is 0 Å². The van der Waals surface area contributed by atoms with Gasteiger partial charge in [0.2, 0.25) is 5.91 Å². The van der Waals surface area contributed by atoms with Crippen molar-refractivity contribution >= 4 is 17.5 Å². The second-order valence-corrected chi connectivity index (χ2v) is 9.72. The Morgan fingerprint density at radius 3 is 2.55 bits per heavy atom. The topological polar surface area (TPSA) is 61.8 Å². The van der Waals surface area contributed by atoms with Crippen LogP contribution in [0.15, 0.2) is 48.5 Å². The molecule has 31 heavy (non-hydrogen) atoms. The number of amides is 1. The van der Waals surface area contributed by atoms with Crippen LogP contribution in [0.1, 0.15) is 37.8 Å². The monoisotopic (exact) mass is 444 g/mol. The summed E-state index contributed by atoms with van der Waals surface area (Å²) in [5, 5.41) is 14.6. The molecule has 168 valence electrons. The van der Waals surface area contributed by atoms with Gasteiger partial charge in [-0.15, -0.1) is 0 Å². The van der Waals surface area contributed by atoms with Gasteiger partial charge in [0.25, 0.3) is 0 Å². The lowest BCUT2D eigenvalue weighted by Crippen LogP contribution is -2.53. The summed E-state index contributed by atoms with van der Waals surface area (Å²) < 4.78 is 5.82. The van der Waals surface area contributed by atoms with Gasteiger partial charge in [-0.05, 0) is 63.3 Å². The number of aliphatic hydroxyl groups is 1. The van der Waals surface area contributed by atoms with Crippen LogP contribution in [0.5, 0.6) is 5.75 Å². The quantitative estimate of drug-likeness (QED) is 0.646. The lowest BCUT2D eigenvalue weighted by molar-refractivity contribution is -0.125. The first kappa shape index (κ1) is 23.6. The molecule has 3 rings (SSSR count). The molecule has 1 heterocycles. The highest BCUT2D eigenvalue weighted by molar-refractivity contribution is 6.32. The molecular weight excluding hydrogens is 412 g/mol. The number of piperidine rings is 1. The Morgan fingerprint density at radius 2 is 1.87 bits per heavy atom. The van der Waals surface area contributed by atoms with E-state index in [9.17, 15) is 9.90 Å². The van der Waals surface area contributed by atoms with Crippen LogP contribution in [0.2, 0.25) is 5.02 Å². The lowest BCUT2D eigenvalue weighted by atomic mass is 9.92. The van der Waals surface area contributed by atoms with Crippen molar-refractivity contribution < 1.29 is 14.6 Å². The van der Waals surface area contributed by atoms with Crippen LogP contribution in [0.4, 0.5) is 0 Å². The maximum atomic E-state index is 12.6. The number of benzene rings is 2. The minimum atomic E-state index is -0.910. The maximum absolute atomic E-state index is 12.6. The Balaban J connectivity index is 1.44. The summed E-state index contributed by atoms with van der Waals surface area (Å²) in [6, 6.07) is 15.8. The van der Waals surface area contributed by atoms with Gasteiger partial charge in [0.1, 0.15) is 18.0 Å². The first-order valence-corrected chi connectivity index (χ1v) is 11.2. The van der Waals surface area contributed by atoms with Gasteiger partial charge in [0, 0.05) is 18.6 Å². The van der Waals surface area contributed by atoms with Crippen LogP contribution in [0, 0.1) is 6.92 Å². The molecule has 0 aliphatic carbocycles. The molecule has 2 aromatic carbocycles. The van der Waals surface area contributed by atoms with E-state index in [0.717, 1.165) is 12.0 Å². The summed E-state index contributed by atoms with van der Waals surface area (Å²) in [5.74, 6) is 0.603. The zero-order valence-corrected chi connectivity index (χ0v) is 19.4. The maximum Gasteiger partial charge on any atom is 0.234 e. The van der Waals surface area contributed by atoms with Crippen LogP contribution < -0.4 is 10.1 Å². The number of likely N-dealkylation sites (tertiary alicyclic amines) is 1. The van der Waals surface area contributed by atoms with E-state index in [2.05, 4.69) is 22.3 Å². The fourth-order valence-electron chi connectivity index (χ4n) is 3.98. The summed E-state index contributed by atoms with van der Waals surface area (Å²) in [7, 11) is 0. The predicted octanol–water partition coefficient (Wildman–Crippen LogP) is 3.99. The van der Waals surface area contributed by atoms with Crippen LogP contribution >= 0.6 is 11.6 Å². The highest BCUT2D eigenvalue weighted by Gasteiger charge is 2.34. The number of hydrogen-bond acceptors (Lipinski definition) is 4. The van der Waals surface area contributed by atoms with E-state index in [1.807, 2.05) is 51.1 Å². The van der Waals surface area contributed by atoms with Crippen LogP contribution in [-0.4, -0.2) is 53.3 Å². The Bertz CT molecular complexity index is 878. The number of aryl methyl sites for hydroxylation is 1. The third-order valence-corrected chi connectivity index (χ3v) is 6.02. The molecule has 1 amide bonds. The van der Waals surface area contributed by atoms with Crippen molar-refractivity contribution in [2.45, 2.75) is 51.2 Å². The molecule has 5 nitrogen and oxygen atoms in total. The number of hydrogen-bond donors (Lipinski definition) is 2. The third kappa shape index (κ3) is 7.23. The summed E-state index contributed by atoms with van der Waals surface area (Å²) in [6.45, 7) is 7.88. The first-order valence-electron chi connectivity index (χ1n) is 10.8. The molecule has 2 N–H and O–H groups in total. The molecule has 2 aromatic rings. The van der Waals surface area contributed by atoms with Crippen LogP contribution in [0.25, 0.3) is 0 Å². The summed E-state index contributed by atoms with van der Waals surface area (Å²) in [6.07, 6.45) is 1.88. The molecule has 1 aliphatic rings. The molecule has 0 spiro atoms. The molecule has 0 unspecified atom stereocenters. The fourth-order valence-corrected chi connectivity index (χ4v) is 4.15. The molecule has 6 heteroatoms. The van der Waals surface area contributed by atoms with E-state index in [1.54, 1.807) is 6.07 Å². The number of carbonyl (C=O) groups is 1. The van der Waals surface area contributed by atoms with Crippen molar-refractivity contribution in [2.24, 2.45) is 0 Å². The average Bonchev–Trinajstić information content (AvgIpc) is 2.70. The molecule has 0 saturated carbocycles. The number of carbonyl (C=O) groups excluding carboxylic acids is 1. The second-order valence-electron chi connectivity index (χ2n) is 9.32. The van der Waals surface area contributed by atoms with Gasteiger partial charge in [-0.1, -0.05) is 48.0 Å². The number of halogens is 1. The highest BCUT2D eigenvalue weighted by atomic mass is 35.5. The zero-order valence-electron chi connectivity index (χ0n) is 18.7. The van der Waals surface area contributed by atoms with Crippen molar-refractivity contribution in [2.75, 3.05) is 26.2 Å². The molecule has 0 bridgehead atoms. The van der Waals surface area contributed by atoms with Gasteiger partial charge in [-0.2, -0.15) is 0 Å². The Labute approximate surface area is 190 Å². The molecule has 0 aromatic heterocycles. The largest absolute Gasteiger partial charge is 0.489 e. The van der Waals surface area contributed by atoms with E-state index >= 15 is 0 Å². The molecule has 1 saturated heterocycles. The molecule has 0 atom stereocenters. The summed E-state index contributed by atoms with van der Waals surface area (Å²) in [4.78, 5) is 14.7. The summed E-state index contributed by atoms with van der Waals surface area (Å²) >= 11 is 6.18. The number of rotatable bonds is 8. The van der Waals surface area contributed by atoms with E-state index in [4.69, 9.17) is 16.3 Å². The van der Waals surface area contributed by atoms with Crippen molar-refractivity contribution in [1.29, 1.82) is 0 Å². The SMILES string of the molecule is Cc1ccc(Cl)c(OCC2(O)CCN(CC(=O)NC(C)(C)Cc3ccccc3)CC2)c1. The number of nitrogens with one attached hydrogen (secondary N) is 1. The lowest BCUT2D eigenvalue weighted by Gasteiger charge is -2.38. The van der Waals surface area contributed by atoms with E-state index < -0.39 is 5.60 Å². The Hall–Kier alpha value is -2.08. The average molecular weight is 445 g/mol. The number of ether oxygens (including phenoxy) is 1. The van der Waals surface area contributed by atoms with Gasteiger partial charge in [0.15, 0.2) is 0 Å². The summed E-state index contributed by atoms with van der Waals surface area (Å²) in [5.41, 5.74) is 1.02. The van der Waals surface area contributed by atoms with E-state index in [1.165, 1.54) is 5.56 Å². The standard InChI is InChI=1S/C25H33ClN2O3/c1-19-9-10-21(26)22(15-19)31-18-25(30)11-13-28(14-12-25)17-23(29)27-24(2,3)16-20-7-5-4-6-8-20/h4-10,15,30H,11-14,16-18H2,1-3H3,(H,27,29). The van der Waals surface area contributed by atoms with Crippen molar-refractivity contribution in [1.82, 2.24) is 10.2 Å². The predicted molar refractivity (Wildman–Crippen MR) is 125 cm³/mol. The fraction of sp³-hybridized carbons (Fsp3) is 0.480. The Morgan fingerprint density at radius 1 is 1.19 bits per heavy atom. The molecule has 1 fully saturated rings. The van der Waals surface area contributed by atoms with Gasteiger partial charge < -0.3 is 15.2 Å². The number of nitrogens with zero attached hydrogens (tertiary/aromatic N) is 1. The minimum absolute atomic E-state index is 0.00848.